The third kappa shape index (κ3) is 4.44. The van der Waals surface area contributed by atoms with E-state index in [1.165, 1.54) is 18.3 Å². The molecule has 0 radical (unpaired) electrons. The Hall–Kier alpha value is -3.39. The molecule has 1 aliphatic heterocycles. The molecule has 0 saturated carbocycles. The number of nitrogens with one attached hydrogen (secondary N) is 1. The van der Waals surface area contributed by atoms with Crippen LogP contribution in [0.4, 0.5) is 10.2 Å². The van der Waals surface area contributed by atoms with Crippen LogP contribution in [0.2, 0.25) is 0 Å². The second kappa shape index (κ2) is 8.54. The van der Waals surface area contributed by atoms with Gasteiger partial charge in [0, 0.05) is 32.0 Å². The van der Waals surface area contributed by atoms with Crippen molar-refractivity contribution < 1.29 is 14.3 Å². The normalized spacial score (nSPS) is 15.6. The maximum absolute atomic E-state index is 13.2. The molecule has 1 aliphatic rings. The van der Waals surface area contributed by atoms with E-state index in [-0.39, 0.29) is 17.4 Å². The number of halogens is 1. The molecule has 1 saturated heterocycles. The van der Waals surface area contributed by atoms with E-state index >= 15 is 0 Å². The summed E-state index contributed by atoms with van der Waals surface area (Å²) in [6.07, 6.45) is 7.33. The van der Waals surface area contributed by atoms with Gasteiger partial charge in [-0.3, -0.25) is 14.8 Å². The van der Waals surface area contributed by atoms with E-state index in [0.29, 0.717) is 43.9 Å². The van der Waals surface area contributed by atoms with E-state index < -0.39 is 5.60 Å². The van der Waals surface area contributed by atoms with Crippen molar-refractivity contribution in [2.75, 3.05) is 18.0 Å². The Labute approximate surface area is 173 Å². The number of hydrogen-bond acceptors (Lipinski definition) is 6. The zero-order valence-corrected chi connectivity index (χ0v) is 16.3. The molecule has 0 spiro atoms. The Bertz CT molecular complexity index is 1010. The number of piperidine rings is 1. The first-order valence-corrected chi connectivity index (χ1v) is 9.76. The van der Waals surface area contributed by atoms with Crippen molar-refractivity contribution >= 4 is 11.7 Å². The lowest BCUT2D eigenvalue weighted by Crippen LogP contribution is -2.43. The molecule has 1 amide bonds. The van der Waals surface area contributed by atoms with E-state index in [2.05, 4.69) is 20.3 Å². The lowest BCUT2D eigenvalue weighted by molar-refractivity contribution is 0.0116. The molecule has 2 aromatic heterocycles. The number of hydrogen-bond donors (Lipinski definition) is 2. The quantitative estimate of drug-likeness (QED) is 0.675. The van der Waals surface area contributed by atoms with Crippen molar-refractivity contribution in [3.63, 3.8) is 0 Å². The summed E-state index contributed by atoms with van der Waals surface area (Å²) in [5.41, 5.74) is 0.885. The number of carbonyl (C=O) groups is 1. The van der Waals surface area contributed by atoms with Crippen LogP contribution < -0.4 is 10.2 Å². The predicted molar refractivity (Wildman–Crippen MR) is 109 cm³/mol. The van der Waals surface area contributed by atoms with Gasteiger partial charge in [-0.1, -0.05) is 12.1 Å². The van der Waals surface area contributed by atoms with E-state index in [0.717, 1.165) is 5.56 Å². The number of rotatable bonds is 5. The molecule has 0 aliphatic carbocycles. The Morgan fingerprint density at radius 3 is 2.47 bits per heavy atom. The summed E-state index contributed by atoms with van der Waals surface area (Å²) in [7, 11) is 0. The van der Waals surface area contributed by atoms with Gasteiger partial charge in [0.1, 0.15) is 17.3 Å². The lowest BCUT2D eigenvalue weighted by atomic mass is 9.84. The van der Waals surface area contributed by atoms with Gasteiger partial charge in [0.05, 0.1) is 18.0 Å². The molecular formula is C22H22FN5O2. The molecule has 3 heterocycles. The fraction of sp³-hybridized carbons (Fsp3) is 0.273. The molecule has 0 bridgehead atoms. The molecule has 1 aromatic carbocycles. The predicted octanol–water partition coefficient (Wildman–Crippen LogP) is 2.43. The fourth-order valence-electron chi connectivity index (χ4n) is 3.55. The zero-order chi connectivity index (χ0) is 21.0. The smallest absolute Gasteiger partial charge is 0.271 e. The second-order valence-electron chi connectivity index (χ2n) is 7.33. The Kier molecular flexibility index (Phi) is 5.67. The van der Waals surface area contributed by atoms with E-state index in [1.807, 2.05) is 17.0 Å². The number of anilines is 1. The average molecular weight is 407 g/mol. The summed E-state index contributed by atoms with van der Waals surface area (Å²) in [6.45, 7) is 1.47. The first-order chi connectivity index (χ1) is 14.5. The van der Waals surface area contributed by atoms with Crippen LogP contribution in [-0.2, 0) is 12.1 Å². The van der Waals surface area contributed by atoms with Crippen LogP contribution in [-0.4, -0.2) is 39.1 Å². The largest absolute Gasteiger partial charge is 0.385 e. The summed E-state index contributed by atoms with van der Waals surface area (Å²) in [4.78, 5) is 27.0. The zero-order valence-electron chi connectivity index (χ0n) is 16.3. The number of carbonyl (C=O) groups excluding carboxylic acids is 1. The molecule has 154 valence electrons. The van der Waals surface area contributed by atoms with Crippen molar-refractivity contribution in [3.8, 4) is 0 Å². The minimum absolute atomic E-state index is 0.237. The van der Waals surface area contributed by atoms with Gasteiger partial charge in [-0.15, -0.1) is 0 Å². The van der Waals surface area contributed by atoms with Gasteiger partial charge in [0.25, 0.3) is 5.91 Å². The van der Waals surface area contributed by atoms with E-state index in [4.69, 9.17) is 0 Å². The molecule has 0 unspecified atom stereocenters. The number of pyridine rings is 1. The summed E-state index contributed by atoms with van der Waals surface area (Å²) in [5, 5.41) is 13.8. The van der Waals surface area contributed by atoms with Crippen molar-refractivity contribution in [2.24, 2.45) is 0 Å². The summed E-state index contributed by atoms with van der Waals surface area (Å²) >= 11 is 0. The van der Waals surface area contributed by atoms with Gasteiger partial charge in [-0.05, 0) is 48.2 Å². The average Bonchev–Trinajstić information content (AvgIpc) is 2.79. The molecule has 7 nitrogen and oxygen atoms in total. The monoisotopic (exact) mass is 407 g/mol. The van der Waals surface area contributed by atoms with Gasteiger partial charge in [0.15, 0.2) is 0 Å². The summed E-state index contributed by atoms with van der Waals surface area (Å²) in [5.74, 6) is -0.0391. The molecule has 3 aromatic rings. The van der Waals surface area contributed by atoms with E-state index in [9.17, 15) is 14.3 Å². The van der Waals surface area contributed by atoms with Crippen molar-refractivity contribution in [3.05, 3.63) is 83.8 Å². The molecular weight excluding hydrogens is 385 g/mol. The number of amides is 1. The van der Waals surface area contributed by atoms with Gasteiger partial charge in [0.2, 0.25) is 0 Å². The van der Waals surface area contributed by atoms with Crippen molar-refractivity contribution in [1.82, 2.24) is 20.3 Å². The third-order valence-corrected chi connectivity index (χ3v) is 5.35. The number of aliphatic hydroxyl groups is 1. The first kappa shape index (κ1) is 19.9. The molecule has 30 heavy (non-hydrogen) atoms. The van der Waals surface area contributed by atoms with Crippen LogP contribution in [0.25, 0.3) is 0 Å². The molecule has 4 rings (SSSR count). The second-order valence-corrected chi connectivity index (χ2v) is 7.33. The number of aromatic nitrogens is 3. The van der Waals surface area contributed by atoms with Crippen molar-refractivity contribution in [1.29, 1.82) is 0 Å². The van der Waals surface area contributed by atoms with Crippen LogP contribution in [0.1, 0.15) is 34.5 Å². The molecule has 1 fully saturated rings. The molecule has 2 N–H and O–H groups in total. The SMILES string of the molecule is O=C(NCc1ccncc1)c1cncc(N2CCC(O)(c3ccc(F)cc3)CC2)n1. The highest BCUT2D eigenvalue weighted by atomic mass is 19.1. The minimum Gasteiger partial charge on any atom is -0.385 e. The molecule has 0 atom stereocenters. The van der Waals surface area contributed by atoms with Crippen LogP contribution in [0.3, 0.4) is 0 Å². The highest BCUT2D eigenvalue weighted by molar-refractivity contribution is 5.92. The highest BCUT2D eigenvalue weighted by Gasteiger charge is 2.34. The van der Waals surface area contributed by atoms with Crippen LogP contribution >= 0.6 is 0 Å². The first-order valence-electron chi connectivity index (χ1n) is 9.76. The standard InChI is InChI=1S/C22H22FN5O2/c23-18-3-1-17(2-4-18)22(30)7-11-28(12-8-22)20-15-25-14-19(27-20)21(29)26-13-16-5-9-24-10-6-16/h1-6,9-10,14-15,30H,7-8,11-13H2,(H,26,29). The van der Waals surface area contributed by atoms with Gasteiger partial charge >= 0.3 is 0 Å². The van der Waals surface area contributed by atoms with Gasteiger partial charge in [-0.25, -0.2) is 9.37 Å². The number of nitrogens with zero attached hydrogens (tertiary/aromatic N) is 4. The Balaban J connectivity index is 1.39. The number of benzene rings is 1. The highest BCUT2D eigenvalue weighted by Crippen LogP contribution is 2.34. The molecule has 8 heteroatoms. The summed E-state index contributed by atoms with van der Waals surface area (Å²) < 4.78 is 13.2. The van der Waals surface area contributed by atoms with Crippen LogP contribution in [0.15, 0.2) is 61.2 Å². The van der Waals surface area contributed by atoms with Crippen LogP contribution in [0.5, 0.6) is 0 Å². The maximum Gasteiger partial charge on any atom is 0.271 e. The summed E-state index contributed by atoms with van der Waals surface area (Å²) in [6, 6.07) is 9.63. The van der Waals surface area contributed by atoms with Crippen LogP contribution in [0, 0.1) is 5.82 Å². The third-order valence-electron chi connectivity index (χ3n) is 5.35. The maximum atomic E-state index is 13.2. The minimum atomic E-state index is -1.00. The topological polar surface area (TPSA) is 91.2 Å². The Morgan fingerprint density at radius 1 is 1.07 bits per heavy atom. The van der Waals surface area contributed by atoms with Gasteiger partial charge < -0.3 is 15.3 Å². The van der Waals surface area contributed by atoms with Crippen molar-refractivity contribution in [2.45, 2.75) is 25.0 Å². The fourth-order valence-corrected chi connectivity index (χ4v) is 3.55. The van der Waals surface area contributed by atoms with Gasteiger partial charge in [-0.2, -0.15) is 0 Å². The van der Waals surface area contributed by atoms with E-state index in [1.54, 1.807) is 30.7 Å². The lowest BCUT2D eigenvalue weighted by Gasteiger charge is -2.39. The Morgan fingerprint density at radius 2 is 1.77 bits per heavy atom.